The van der Waals surface area contributed by atoms with Crippen LogP contribution in [0.15, 0.2) is 24.3 Å². The van der Waals surface area contributed by atoms with Crippen LogP contribution in [0.3, 0.4) is 0 Å². The summed E-state index contributed by atoms with van der Waals surface area (Å²) >= 11 is 0. The van der Waals surface area contributed by atoms with Crippen molar-refractivity contribution in [1.82, 2.24) is 4.90 Å². The van der Waals surface area contributed by atoms with Crippen molar-refractivity contribution in [2.75, 3.05) is 32.8 Å². The molecular formula is C16H24NO3. The first-order chi connectivity index (χ1) is 9.67. The first-order valence-corrected chi connectivity index (χ1v) is 7.35. The molecule has 1 atom stereocenters. The molecule has 0 aromatic heterocycles. The highest BCUT2D eigenvalue weighted by Gasteiger charge is 2.21. The molecule has 0 spiro atoms. The molecule has 1 aliphatic rings. The summed E-state index contributed by atoms with van der Waals surface area (Å²) in [5.41, 5.74) is 1.21. The summed E-state index contributed by atoms with van der Waals surface area (Å²) in [6.45, 7) is 4.80. The standard InChI is InChI=1S/C16H24NO3/c1-13-3-2-4-16(9-13)20-12-14-5-7-17(8-6-14)10-15(19)11-18/h2-4,9,14-15,19H,5-8,10-12H2,1H3. The average molecular weight is 278 g/mol. The quantitative estimate of drug-likeness (QED) is 0.864. The van der Waals surface area contributed by atoms with E-state index in [0.717, 1.165) is 38.3 Å². The van der Waals surface area contributed by atoms with Crippen molar-refractivity contribution in [3.05, 3.63) is 29.8 Å². The Hall–Kier alpha value is -1.10. The Morgan fingerprint density at radius 2 is 2.15 bits per heavy atom. The maximum atomic E-state index is 10.6. The Morgan fingerprint density at radius 1 is 1.40 bits per heavy atom. The maximum absolute atomic E-state index is 10.6. The molecule has 20 heavy (non-hydrogen) atoms. The summed E-state index contributed by atoms with van der Waals surface area (Å²) in [5.74, 6) is 1.50. The largest absolute Gasteiger partial charge is 0.493 e. The minimum Gasteiger partial charge on any atom is -0.493 e. The van der Waals surface area contributed by atoms with E-state index in [9.17, 15) is 10.2 Å². The predicted molar refractivity (Wildman–Crippen MR) is 77.4 cm³/mol. The van der Waals surface area contributed by atoms with Crippen molar-refractivity contribution < 1.29 is 14.9 Å². The van der Waals surface area contributed by atoms with E-state index in [4.69, 9.17) is 4.74 Å². The number of aliphatic hydroxyl groups is 1. The number of aliphatic hydroxyl groups excluding tert-OH is 1. The first-order valence-electron chi connectivity index (χ1n) is 7.35. The van der Waals surface area contributed by atoms with Gasteiger partial charge in [0.15, 0.2) is 0 Å². The van der Waals surface area contributed by atoms with Crippen LogP contribution in [0.25, 0.3) is 0 Å². The van der Waals surface area contributed by atoms with Gasteiger partial charge in [-0.25, -0.2) is 5.11 Å². The van der Waals surface area contributed by atoms with Crippen LogP contribution in [0, 0.1) is 12.8 Å². The van der Waals surface area contributed by atoms with Crippen molar-refractivity contribution in [2.24, 2.45) is 5.92 Å². The number of piperidine rings is 1. The van der Waals surface area contributed by atoms with Crippen LogP contribution >= 0.6 is 0 Å². The third-order valence-corrected chi connectivity index (χ3v) is 3.84. The summed E-state index contributed by atoms with van der Waals surface area (Å²) in [4.78, 5) is 2.17. The zero-order valence-corrected chi connectivity index (χ0v) is 12.1. The van der Waals surface area contributed by atoms with E-state index < -0.39 is 12.7 Å². The summed E-state index contributed by atoms with van der Waals surface area (Å²) in [6, 6.07) is 8.12. The number of ether oxygens (including phenoxy) is 1. The van der Waals surface area contributed by atoms with Gasteiger partial charge in [0.25, 0.3) is 0 Å². The lowest BCUT2D eigenvalue weighted by Crippen LogP contribution is -2.40. The number of likely N-dealkylation sites (tertiary alicyclic amines) is 1. The Bertz CT molecular complexity index is 402. The van der Waals surface area contributed by atoms with E-state index in [1.165, 1.54) is 5.56 Å². The van der Waals surface area contributed by atoms with Crippen LogP contribution in [0.2, 0.25) is 0 Å². The maximum Gasteiger partial charge on any atom is 0.119 e. The second-order valence-electron chi connectivity index (χ2n) is 5.69. The zero-order chi connectivity index (χ0) is 14.4. The highest BCUT2D eigenvalue weighted by molar-refractivity contribution is 5.27. The molecule has 0 saturated carbocycles. The van der Waals surface area contributed by atoms with E-state index in [1.54, 1.807) is 0 Å². The predicted octanol–water partition coefficient (Wildman–Crippen LogP) is 1.88. The Labute approximate surface area is 121 Å². The van der Waals surface area contributed by atoms with Gasteiger partial charge in [-0.15, -0.1) is 0 Å². The minimum atomic E-state index is -0.727. The second-order valence-corrected chi connectivity index (χ2v) is 5.69. The van der Waals surface area contributed by atoms with Crippen molar-refractivity contribution in [1.29, 1.82) is 0 Å². The molecule has 0 amide bonds. The second kappa shape index (κ2) is 7.62. The van der Waals surface area contributed by atoms with E-state index in [1.807, 2.05) is 12.1 Å². The average Bonchev–Trinajstić information content (AvgIpc) is 2.46. The summed E-state index contributed by atoms with van der Waals surface area (Å²) in [6.07, 6.45) is 1.41. The Morgan fingerprint density at radius 3 is 2.80 bits per heavy atom. The van der Waals surface area contributed by atoms with Crippen molar-refractivity contribution >= 4 is 0 Å². The van der Waals surface area contributed by atoms with Crippen LogP contribution in [-0.4, -0.2) is 49.0 Å². The molecule has 1 aromatic carbocycles. The highest BCUT2D eigenvalue weighted by atomic mass is 16.5. The molecule has 1 fully saturated rings. The first kappa shape index (κ1) is 15.3. The minimum absolute atomic E-state index is 0.406. The lowest BCUT2D eigenvalue weighted by Gasteiger charge is -2.32. The lowest BCUT2D eigenvalue weighted by atomic mass is 9.97. The van der Waals surface area contributed by atoms with Crippen molar-refractivity contribution in [2.45, 2.75) is 25.9 Å². The molecule has 1 N–H and O–H groups in total. The van der Waals surface area contributed by atoms with Gasteiger partial charge >= 0.3 is 0 Å². The number of hydrogen-bond acceptors (Lipinski definition) is 3. The molecule has 2 rings (SSSR count). The SMILES string of the molecule is Cc1cccc(OCC2CCN(CC(O)C[O])CC2)c1. The monoisotopic (exact) mass is 278 g/mol. The number of β-amino-alcohol motifs (C(OH)–C–C–N with tert-alkyl or cyclic N) is 1. The number of nitrogens with zero attached hydrogens (tertiary/aromatic N) is 1. The molecular weight excluding hydrogens is 254 g/mol. The molecule has 1 aliphatic heterocycles. The molecule has 0 aliphatic carbocycles. The number of aryl methyl sites for hydroxylation is 1. The van der Waals surface area contributed by atoms with Gasteiger partial charge < -0.3 is 14.7 Å². The van der Waals surface area contributed by atoms with Gasteiger partial charge in [-0.2, -0.15) is 0 Å². The topological polar surface area (TPSA) is 52.6 Å². The fourth-order valence-corrected chi connectivity index (χ4v) is 2.61. The molecule has 1 aromatic rings. The normalized spacial score (nSPS) is 18.9. The highest BCUT2D eigenvalue weighted by Crippen LogP contribution is 2.20. The van der Waals surface area contributed by atoms with E-state index in [-0.39, 0.29) is 0 Å². The molecule has 1 radical (unpaired) electrons. The van der Waals surface area contributed by atoms with Gasteiger partial charge in [0.05, 0.1) is 12.7 Å². The van der Waals surface area contributed by atoms with Crippen LogP contribution in [-0.2, 0) is 5.11 Å². The number of rotatable bonds is 6. The van der Waals surface area contributed by atoms with Crippen LogP contribution in [0.1, 0.15) is 18.4 Å². The van der Waals surface area contributed by atoms with Gasteiger partial charge in [0.2, 0.25) is 0 Å². The molecule has 111 valence electrons. The van der Waals surface area contributed by atoms with E-state index in [2.05, 4.69) is 24.0 Å². The van der Waals surface area contributed by atoms with Crippen LogP contribution in [0.4, 0.5) is 0 Å². The fourth-order valence-electron chi connectivity index (χ4n) is 2.61. The van der Waals surface area contributed by atoms with Gasteiger partial charge in [0, 0.05) is 6.54 Å². The lowest BCUT2D eigenvalue weighted by molar-refractivity contribution is 0.0197. The van der Waals surface area contributed by atoms with Gasteiger partial charge in [-0.05, 0) is 56.5 Å². The Kier molecular flexibility index (Phi) is 5.83. The third kappa shape index (κ3) is 4.78. The summed E-state index contributed by atoms with van der Waals surface area (Å²) < 4.78 is 5.85. The fraction of sp³-hybridized carbons (Fsp3) is 0.625. The van der Waals surface area contributed by atoms with Gasteiger partial charge in [-0.1, -0.05) is 12.1 Å². The van der Waals surface area contributed by atoms with Gasteiger partial charge in [0.1, 0.15) is 12.4 Å². The van der Waals surface area contributed by atoms with E-state index >= 15 is 0 Å². The van der Waals surface area contributed by atoms with Crippen molar-refractivity contribution in [3.63, 3.8) is 0 Å². The molecule has 1 heterocycles. The number of benzene rings is 1. The van der Waals surface area contributed by atoms with Crippen LogP contribution in [0.5, 0.6) is 5.75 Å². The van der Waals surface area contributed by atoms with Crippen molar-refractivity contribution in [3.8, 4) is 5.75 Å². The summed E-state index contributed by atoms with van der Waals surface area (Å²) in [5, 5.41) is 19.9. The zero-order valence-electron chi connectivity index (χ0n) is 12.1. The van der Waals surface area contributed by atoms with Gasteiger partial charge in [-0.3, -0.25) is 0 Å². The third-order valence-electron chi connectivity index (χ3n) is 3.84. The molecule has 4 heteroatoms. The Balaban J connectivity index is 1.69. The van der Waals surface area contributed by atoms with Crippen LogP contribution < -0.4 is 4.74 Å². The number of hydrogen-bond donors (Lipinski definition) is 1. The smallest absolute Gasteiger partial charge is 0.119 e. The molecule has 1 unspecified atom stereocenters. The summed E-state index contributed by atoms with van der Waals surface area (Å²) in [7, 11) is 0. The molecule has 4 nitrogen and oxygen atoms in total. The molecule has 1 saturated heterocycles. The van der Waals surface area contributed by atoms with E-state index in [0.29, 0.717) is 12.5 Å². The molecule has 0 bridgehead atoms.